The van der Waals surface area contributed by atoms with E-state index in [-0.39, 0.29) is 34.6 Å². The van der Waals surface area contributed by atoms with E-state index in [1.807, 2.05) is 4.90 Å². The highest BCUT2D eigenvalue weighted by molar-refractivity contribution is 6.33. The van der Waals surface area contributed by atoms with Gasteiger partial charge in [-0.1, -0.05) is 17.7 Å². The molecule has 0 amide bonds. The van der Waals surface area contributed by atoms with Gasteiger partial charge in [0.25, 0.3) is 5.95 Å². The van der Waals surface area contributed by atoms with Crippen molar-refractivity contribution in [2.75, 3.05) is 24.6 Å². The highest BCUT2D eigenvalue weighted by atomic mass is 35.5. The Balaban J connectivity index is 2.01. The van der Waals surface area contributed by atoms with Crippen LogP contribution in [0.1, 0.15) is 0 Å². The molecule has 0 aliphatic carbocycles. The van der Waals surface area contributed by atoms with Crippen molar-refractivity contribution >= 4 is 17.4 Å². The van der Waals surface area contributed by atoms with Crippen LogP contribution in [0.25, 0.3) is 17.1 Å². The maximum Gasteiger partial charge on any atom is 0.255 e. The Hall–Kier alpha value is -3.07. The number of anilines is 1. The number of halogens is 3. The van der Waals surface area contributed by atoms with Gasteiger partial charge in [-0.05, 0) is 0 Å². The molecule has 3 aromatic rings. The number of aromatic nitrogens is 5. The third-order valence-corrected chi connectivity index (χ3v) is 4.27. The highest BCUT2D eigenvalue weighted by Gasteiger charge is 2.28. The summed E-state index contributed by atoms with van der Waals surface area (Å²) in [6.07, 6.45) is 4.44. The molecule has 0 atom stereocenters. The molecule has 7 nitrogen and oxygen atoms in total. The molecule has 1 aliphatic rings. The lowest BCUT2D eigenvalue weighted by atomic mass is 10.0. The second kappa shape index (κ2) is 6.92. The first kappa shape index (κ1) is 17.3. The Labute approximate surface area is 157 Å². The van der Waals surface area contributed by atoms with E-state index in [1.165, 1.54) is 17.3 Å². The van der Waals surface area contributed by atoms with Gasteiger partial charge in [-0.15, -0.1) is 6.58 Å². The minimum absolute atomic E-state index is 0.00954. The van der Waals surface area contributed by atoms with Gasteiger partial charge in [0, 0.05) is 18.7 Å². The van der Waals surface area contributed by atoms with Crippen LogP contribution in [0.2, 0.25) is 5.15 Å². The molecule has 0 spiro atoms. The van der Waals surface area contributed by atoms with E-state index >= 15 is 0 Å². The molecule has 0 bridgehead atoms. The van der Waals surface area contributed by atoms with Crippen LogP contribution in [0, 0.1) is 11.6 Å². The van der Waals surface area contributed by atoms with Crippen molar-refractivity contribution in [3.8, 4) is 22.8 Å². The second-order valence-electron chi connectivity index (χ2n) is 5.70. The second-order valence-corrected chi connectivity index (χ2v) is 6.05. The Bertz CT molecular complexity index is 1010. The molecule has 3 heterocycles. The molecule has 1 aromatic carbocycles. The molecule has 2 aromatic heterocycles. The predicted octanol–water partition coefficient (Wildman–Crippen LogP) is 3.04. The van der Waals surface area contributed by atoms with Crippen LogP contribution < -0.4 is 9.64 Å². The van der Waals surface area contributed by atoms with E-state index < -0.39 is 11.6 Å². The average Bonchev–Trinajstić information content (AvgIpc) is 3.14. The van der Waals surface area contributed by atoms with Gasteiger partial charge in [-0.2, -0.15) is 19.7 Å². The summed E-state index contributed by atoms with van der Waals surface area (Å²) in [5.74, 6) is -0.962. The van der Waals surface area contributed by atoms with Gasteiger partial charge in [0.05, 0.1) is 17.7 Å². The van der Waals surface area contributed by atoms with E-state index in [0.717, 1.165) is 12.1 Å². The lowest BCUT2D eigenvalue weighted by Gasteiger charge is -2.28. The number of hydrogen-bond donors (Lipinski definition) is 0. The lowest BCUT2D eigenvalue weighted by molar-refractivity contribution is 0.320. The SMILES string of the molecule is C=CCN1CCOc2cc(F)cc(F)c2-c2c(Cl)nc(-n3cncn3)nc21. The summed E-state index contributed by atoms with van der Waals surface area (Å²) in [5.41, 5.74) is 0.227. The average molecular weight is 391 g/mol. The van der Waals surface area contributed by atoms with Crippen molar-refractivity contribution in [2.24, 2.45) is 0 Å². The van der Waals surface area contributed by atoms with Gasteiger partial charge < -0.3 is 9.64 Å². The number of nitrogens with zero attached hydrogens (tertiary/aromatic N) is 6. The Morgan fingerprint density at radius 1 is 1.26 bits per heavy atom. The number of fused-ring (bicyclic) bond motifs is 3. The monoisotopic (exact) mass is 390 g/mol. The van der Waals surface area contributed by atoms with Gasteiger partial charge in [-0.25, -0.2) is 13.8 Å². The molecule has 0 N–H and O–H groups in total. The third kappa shape index (κ3) is 3.10. The predicted molar refractivity (Wildman–Crippen MR) is 95.2 cm³/mol. The third-order valence-electron chi connectivity index (χ3n) is 3.99. The maximum absolute atomic E-state index is 14.7. The van der Waals surface area contributed by atoms with Crippen molar-refractivity contribution in [2.45, 2.75) is 0 Å². The summed E-state index contributed by atoms with van der Waals surface area (Å²) in [6, 6.07) is 1.89. The van der Waals surface area contributed by atoms with Crippen molar-refractivity contribution in [3.05, 3.63) is 54.2 Å². The first-order chi connectivity index (χ1) is 13.1. The van der Waals surface area contributed by atoms with Crippen LogP contribution >= 0.6 is 11.6 Å². The fourth-order valence-corrected chi connectivity index (χ4v) is 3.14. The van der Waals surface area contributed by atoms with Crippen molar-refractivity contribution < 1.29 is 13.5 Å². The van der Waals surface area contributed by atoms with Gasteiger partial charge >= 0.3 is 0 Å². The molecule has 138 valence electrons. The highest BCUT2D eigenvalue weighted by Crippen LogP contribution is 2.43. The number of ether oxygens (including phenoxy) is 1. The molecular formula is C17H13ClF2N6O. The summed E-state index contributed by atoms with van der Waals surface area (Å²) in [5, 5.41) is 3.98. The largest absolute Gasteiger partial charge is 0.491 e. The quantitative estimate of drug-likeness (QED) is 0.506. The van der Waals surface area contributed by atoms with Crippen LogP contribution in [-0.2, 0) is 0 Å². The number of hydrogen-bond acceptors (Lipinski definition) is 6. The zero-order chi connectivity index (χ0) is 19.0. The Kier molecular flexibility index (Phi) is 4.44. The molecule has 4 rings (SSSR count). The van der Waals surface area contributed by atoms with Crippen LogP contribution in [0.3, 0.4) is 0 Å². The molecule has 0 saturated carbocycles. The van der Waals surface area contributed by atoms with Crippen molar-refractivity contribution in [1.29, 1.82) is 0 Å². The minimum atomic E-state index is -0.814. The van der Waals surface area contributed by atoms with E-state index in [0.29, 0.717) is 18.9 Å². The van der Waals surface area contributed by atoms with E-state index in [9.17, 15) is 8.78 Å². The zero-order valence-corrected chi connectivity index (χ0v) is 14.7. The van der Waals surface area contributed by atoms with Crippen LogP contribution in [0.4, 0.5) is 14.6 Å². The summed E-state index contributed by atoms with van der Waals surface area (Å²) in [7, 11) is 0. The topological polar surface area (TPSA) is 69.0 Å². The van der Waals surface area contributed by atoms with Crippen molar-refractivity contribution in [1.82, 2.24) is 24.7 Å². The maximum atomic E-state index is 14.7. The van der Waals surface area contributed by atoms with Gasteiger partial charge in [-0.3, -0.25) is 0 Å². The summed E-state index contributed by atoms with van der Waals surface area (Å²) in [6.45, 7) is 4.76. The van der Waals surface area contributed by atoms with Crippen molar-refractivity contribution in [3.63, 3.8) is 0 Å². The standard InChI is InChI=1S/C17H13ClF2N6O/c1-2-3-25-4-5-27-12-7-10(19)6-11(20)13(12)14-15(18)23-17(24-16(14)25)26-9-21-8-22-26/h2,6-9H,1,3-5H2. The van der Waals surface area contributed by atoms with Crippen LogP contribution in [0.15, 0.2) is 37.4 Å². The zero-order valence-electron chi connectivity index (χ0n) is 13.9. The normalized spacial score (nSPS) is 13.2. The van der Waals surface area contributed by atoms with Gasteiger partial charge in [0.15, 0.2) is 0 Å². The van der Waals surface area contributed by atoms with E-state index in [4.69, 9.17) is 16.3 Å². The molecule has 10 heteroatoms. The fraction of sp³-hybridized carbons (Fsp3) is 0.176. The van der Waals surface area contributed by atoms with Gasteiger partial charge in [0.2, 0.25) is 0 Å². The molecule has 0 unspecified atom stereocenters. The Morgan fingerprint density at radius 3 is 2.85 bits per heavy atom. The van der Waals surface area contributed by atoms with E-state index in [1.54, 1.807) is 6.08 Å². The number of rotatable bonds is 3. The summed E-state index contributed by atoms with van der Waals surface area (Å²) < 4.78 is 35.3. The first-order valence-corrected chi connectivity index (χ1v) is 8.37. The molecule has 27 heavy (non-hydrogen) atoms. The van der Waals surface area contributed by atoms with Crippen LogP contribution in [0.5, 0.6) is 5.75 Å². The molecule has 0 fully saturated rings. The molecule has 1 aliphatic heterocycles. The lowest BCUT2D eigenvalue weighted by Crippen LogP contribution is -2.32. The molecule has 0 radical (unpaired) electrons. The fourth-order valence-electron chi connectivity index (χ4n) is 2.88. The van der Waals surface area contributed by atoms with Gasteiger partial charge in [0.1, 0.15) is 47.6 Å². The minimum Gasteiger partial charge on any atom is -0.491 e. The smallest absolute Gasteiger partial charge is 0.255 e. The molecule has 0 saturated heterocycles. The van der Waals surface area contributed by atoms with Crippen LogP contribution in [-0.4, -0.2) is 44.4 Å². The summed E-state index contributed by atoms with van der Waals surface area (Å²) >= 11 is 6.41. The molecular weight excluding hydrogens is 378 g/mol. The van der Waals surface area contributed by atoms with E-state index in [2.05, 4.69) is 26.6 Å². The number of benzene rings is 1. The Morgan fingerprint density at radius 2 is 2.11 bits per heavy atom. The first-order valence-electron chi connectivity index (χ1n) is 7.99. The summed E-state index contributed by atoms with van der Waals surface area (Å²) in [4.78, 5) is 14.4.